The van der Waals surface area contributed by atoms with Crippen molar-refractivity contribution in [3.8, 4) is 0 Å². The fourth-order valence-electron chi connectivity index (χ4n) is 5.57. The SMILES string of the molecule is CS(=O)(=O)N(CCCC(=O)N(Cc1ccccc1F)[C@@H](Cc1ccccc1)C(=O)NC1CCCCC1)c1cc(Cl)ccc1Cl. The van der Waals surface area contributed by atoms with Crippen molar-refractivity contribution in [2.24, 2.45) is 0 Å². The first-order valence-corrected chi connectivity index (χ1v) is 17.4. The van der Waals surface area contributed by atoms with E-state index in [1.165, 1.54) is 23.1 Å². The van der Waals surface area contributed by atoms with Crippen LogP contribution in [0.25, 0.3) is 0 Å². The van der Waals surface area contributed by atoms with Crippen molar-refractivity contribution in [2.75, 3.05) is 17.1 Å². The standard InChI is InChI=1S/C33H38Cl2FN3O4S/c1-44(42,43)39(30-22-26(34)18-19-28(30)35)20-10-17-32(40)38(23-25-13-8-9-16-29(25)36)31(21-24-11-4-2-5-12-24)33(41)37-27-14-6-3-7-15-27/h2,4-5,8-9,11-13,16,18-19,22,27,31H,3,6-7,10,14-15,17,20-21,23H2,1H3,(H,37,41)/t31-/m0/s1. The Hall–Kier alpha value is -3.14. The van der Waals surface area contributed by atoms with Gasteiger partial charge in [0, 0.05) is 42.6 Å². The van der Waals surface area contributed by atoms with Crippen LogP contribution in [0.15, 0.2) is 72.8 Å². The molecule has 3 aromatic rings. The van der Waals surface area contributed by atoms with Gasteiger partial charge < -0.3 is 10.2 Å². The van der Waals surface area contributed by atoms with E-state index < -0.39 is 27.8 Å². The lowest BCUT2D eigenvalue weighted by Crippen LogP contribution is -2.53. The molecule has 11 heteroatoms. The fraction of sp³-hybridized carbons (Fsp3) is 0.394. The van der Waals surface area contributed by atoms with E-state index in [-0.39, 0.29) is 60.6 Å². The third-order valence-corrected chi connectivity index (χ3v) is 9.58. The van der Waals surface area contributed by atoms with Crippen LogP contribution in [0.1, 0.15) is 56.1 Å². The topological polar surface area (TPSA) is 86.8 Å². The predicted octanol–water partition coefficient (Wildman–Crippen LogP) is 6.77. The third-order valence-electron chi connectivity index (χ3n) is 7.85. The average Bonchev–Trinajstić information content (AvgIpc) is 2.99. The largest absolute Gasteiger partial charge is 0.352 e. The van der Waals surface area contributed by atoms with Gasteiger partial charge in [-0.15, -0.1) is 0 Å². The van der Waals surface area contributed by atoms with Crippen LogP contribution in [-0.2, 0) is 32.6 Å². The second-order valence-electron chi connectivity index (χ2n) is 11.2. The number of carbonyl (C=O) groups excluding carboxylic acids is 2. The lowest BCUT2D eigenvalue weighted by atomic mass is 9.94. The second kappa shape index (κ2) is 15.7. The van der Waals surface area contributed by atoms with Crippen LogP contribution in [0.2, 0.25) is 10.0 Å². The summed E-state index contributed by atoms with van der Waals surface area (Å²) in [4.78, 5) is 29.3. The van der Waals surface area contributed by atoms with Gasteiger partial charge in [0.1, 0.15) is 11.9 Å². The number of amides is 2. The minimum absolute atomic E-state index is 0.0192. The first-order chi connectivity index (χ1) is 21.0. The summed E-state index contributed by atoms with van der Waals surface area (Å²) in [5.41, 5.74) is 1.36. The summed E-state index contributed by atoms with van der Waals surface area (Å²) >= 11 is 12.4. The number of nitrogens with zero attached hydrogens (tertiary/aromatic N) is 2. The minimum atomic E-state index is -3.76. The molecule has 0 radical (unpaired) electrons. The molecule has 0 aliphatic heterocycles. The maximum Gasteiger partial charge on any atom is 0.243 e. The number of halogens is 3. The van der Waals surface area contributed by atoms with Crippen LogP contribution in [0.5, 0.6) is 0 Å². The summed E-state index contributed by atoms with van der Waals surface area (Å²) in [5.74, 6) is -1.15. The highest BCUT2D eigenvalue weighted by Crippen LogP contribution is 2.31. The second-order valence-corrected chi connectivity index (χ2v) is 13.9. The number of carbonyl (C=O) groups is 2. The molecule has 0 saturated heterocycles. The first kappa shape index (κ1) is 33.7. The Kier molecular flexibility index (Phi) is 12.1. The third kappa shape index (κ3) is 9.43. The van der Waals surface area contributed by atoms with Crippen LogP contribution < -0.4 is 9.62 Å². The van der Waals surface area contributed by atoms with Gasteiger partial charge in [-0.3, -0.25) is 13.9 Å². The van der Waals surface area contributed by atoms with Crippen molar-refractivity contribution in [2.45, 2.75) is 70.0 Å². The van der Waals surface area contributed by atoms with Crippen LogP contribution >= 0.6 is 23.2 Å². The number of benzene rings is 3. The van der Waals surface area contributed by atoms with Crippen LogP contribution in [0.3, 0.4) is 0 Å². The number of nitrogens with one attached hydrogen (secondary N) is 1. The van der Waals surface area contributed by atoms with Gasteiger partial charge in [-0.2, -0.15) is 0 Å². The van der Waals surface area contributed by atoms with Gasteiger partial charge in [0.2, 0.25) is 21.8 Å². The van der Waals surface area contributed by atoms with Gasteiger partial charge in [-0.25, -0.2) is 12.8 Å². The smallest absolute Gasteiger partial charge is 0.243 e. The van der Waals surface area contributed by atoms with E-state index in [1.807, 2.05) is 30.3 Å². The maximum absolute atomic E-state index is 14.9. The Morgan fingerprint density at radius 1 is 0.977 bits per heavy atom. The van der Waals surface area contributed by atoms with E-state index in [0.29, 0.717) is 5.02 Å². The molecular weight excluding hydrogens is 624 g/mol. The van der Waals surface area contributed by atoms with E-state index >= 15 is 0 Å². The van der Waals surface area contributed by atoms with Gasteiger partial charge >= 0.3 is 0 Å². The quantitative estimate of drug-likeness (QED) is 0.219. The highest BCUT2D eigenvalue weighted by molar-refractivity contribution is 7.92. The van der Waals surface area contributed by atoms with Crippen LogP contribution in [0, 0.1) is 5.82 Å². The summed E-state index contributed by atoms with van der Waals surface area (Å²) in [6.07, 6.45) is 6.28. The summed E-state index contributed by atoms with van der Waals surface area (Å²) in [6, 6.07) is 19.2. The number of hydrogen-bond donors (Lipinski definition) is 1. The number of anilines is 1. The molecule has 236 valence electrons. The van der Waals surface area contributed by atoms with Gasteiger partial charge in [0.15, 0.2) is 0 Å². The molecule has 0 aromatic heterocycles. The molecule has 1 atom stereocenters. The molecule has 3 aromatic carbocycles. The molecule has 0 bridgehead atoms. The summed E-state index contributed by atoms with van der Waals surface area (Å²) < 4.78 is 41.4. The lowest BCUT2D eigenvalue weighted by molar-refractivity contribution is -0.141. The lowest BCUT2D eigenvalue weighted by Gasteiger charge is -2.34. The highest BCUT2D eigenvalue weighted by atomic mass is 35.5. The highest BCUT2D eigenvalue weighted by Gasteiger charge is 2.32. The molecule has 0 spiro atoms. The molecule has 0 unspecified atom stereocenters. The molecule has 7 nitrogen and oxygen atoms in total. The van der Waals surface area contributed by atoms with Gasteiger partial charge in [-0.05, 0) is 49.1 Å². The zero-order valence-electron chi connectivity index (χ0n) is 24.7. The Balaban J connectivity index is 1.61. The Bertz CT molecular complexity index is 1530. The molecule has 4 rings (SSSR count). The average molecular weight is 663 g/mol. The molecule has 1 aliphatic carbocycles. The Labute approximate surface area is 269 Å². The van der Waals surface area contributed by atoms with Gasteiger partial charge in [0.25, 0.3) is 0 Å². The van der Waals surface area contributed by atoms with Crippen molar-refractivity contribution in [3.63, 3.8) is 0 Å². The molecule has 1 saturated carbocycles. The zero-order valence-corrected chi connectivity index (χ0v) is 27.1. The fourth-order valence-corrected chi connectivity index (χ4v) is 6.97. The van der Waals surface area contributed by atoms with Crippen molar-refractivity contribution < 1.29 is 22.4 Å². The molecule has 1 fully saturated rings. The van der Waals surface area contributed by atoms with Crippen molar-refractivity contribution in [3.05, 3.63) is 99.8 Å². The van der Waals surface area contributed by atoms with E-state index in [4.69, 9.17) is 23.2 Å². The summed E-state index contributed by atoms with van der Waals surface area (Å²) in [7, 11) is -3.76. The van der Waals surface area contributed by atoms with Gasteiger partial charge in [-0.1, -0.05) is 91.0 Å². The number of sulfonamides is 1. The van der Waals surface area contributed by atoms with Crippen molar-refractivity contribution >= 4 is 50.7 Å². The van der Waals surface area contributed by atoms with E-state index in [2.05, 4.69) is 5.32 Å². The molecule has 0 heterocycles. The molecule has 2 amide bonds. The number of hydrogen-bond acceptors (Lipinski definition) is 4. The summed E-state index contributed by atoms with van der Waals surface area (Å²) in [5, 5.41) is 3.68. The molecule has 44 heavy (non-hydrogen) atoms. The van der Waals surface area contributed by atoms with Gasteiger partial charge in [0.05, 0.1) is 17.0 Å². The molecular formula is C33H38Cl2FN3O4S. The Morgan fingerprint density at radius 2 is 1.66 bits per heavy atom. The van der Waals surface area contributed by atoms with Crippen molar-refractivity contribution in [1.29, 1.82) is 0 Å². The minimum Gasteiger partial charge on any atom is -0.352 e. The zero-order chi connectivity index (χ0) is 31.7. The summed E-state index contributed by atoms with van der Waals surface area (Å²) in [6.45, 7) is -0.160. The number of rotatable bonds is 13. The molecule has 1 aliphatic rings. The Morgan fingerprint density at radius 3 is 2.34 bits per heavy atom. The maximum atomic E-state index is 14.9. The van der Waals surface area contributed by atoms with Crippen molar-refractivity contribution in [1.82, 2.24) is 10.2 Å². The van der Waals surface area contributed by atoms with Crippen LogP contribution in [-0.4, -0.2) is 50.0 Å². The first-order valence-electron chi connectivity index (χ1n) is 14.8. The van der Waals surface area contributed by atoms with Crippen LogP contribution in [0.4, 0.5) is 10.1 Å². The normalized spacial score (nSPS) is 14.5. The van der Waals surface area contributed by atoms with E-state index in [9.17, 15) is 22.4 Å². The van der Waals surface area contributed by atoms with E-state index in [1.54, 1.807) is 24.3 Å². The predicted molar refractivity (Wildman–Crippen MR) is 174 cm³/mol. The molecule has 1 N–H and O–H groups in total. The van der Waals surface area contributed by atoms with E-state index in [0.717, 1.165) is 48.2 Å². The monoisotopic (exact) mass is 661 g/mol.